The van der Waals surface area contributed by atoms with Crippen molar-refractivity contribution in [3.8, 4) is 0 Å². The Balaban J connectivity index is 1.64. The van der Waals surface area contributed by atoms with Gasteiger partial charge in [0, 0.05) is 19.8 Å². The maximum atomic E-state index is 6.34. The molecule has 8 nitrogen and oxygen atoms in total. The molecule has 0 N–H and O–H groups in total. The van der Waals surface area contributed by atoms with E-state index in [2.05, 4.69) is 9.97 Å². The highest BCUT2D eigenvalue weighted by Crippen LogP contribution is 2.44. The Kier molecular flexibility index (Phi) is 4.66. The number of nitrogens with zero attached hydrogens (tertiary/aromatic N) is 4. The number of fused-ring (bicyclic) bond motifs is 2. The summed E-state index contributed by atoms with van der Waals surface area (Å²) in [4.78, 5) is 13.6. The summed E-state index contributed by atoms with van der Waals surface area (Å²) >= 11 is 6.18. The number of ether oxygens (including phenoxy) is 3. The molecule has 2 aromatic heterocycles. The third-order valence-corrected chi connectivity index (χ3v) is 5.20. The highest BCUT2D eigenvalue weighted by atomic mass is 35.5. The minimum Gasteiger partial charge on any atom is -0.349 e. The zero-order valence-corrected chi connectivity index (χ0v) is 16.0. The molecule has 0 radical (unpaired) electrons. The van der Waals surface area contributed by atoms with Crippen LogP contribution in [0.4, 0.5) is 0 Å². The van der Waals surface area contributed by atoms with Crippen molar-refractivity contribution < 1.29 is 19.0 Å². The van der Waals surface area contributed by atoms with Gasteiger partial charge >= 0.3 is 0 Å². The number of aromatic nitrogens is 3. The fourth-order valence-electron chi connectivity index (χ4n) is 3.66. The number of hydroxylamine groups is 2. The van der Waals surface area contributed by atoms with Crippen LogP contribution in [0.3, 0.4) is 0 Å². The summed E-state index contributed by atoms with van der Waals surface area (Å²) in [5.41, 5.74) is 0.719. The summed E-state index contributed by atoms with van der Waals surface area (Å²) in [6.45, 7) is 4.57. The molecule has 2 aliphatic heterocycles. The molecule has 2 aromatic rings. The van der Waals surface area contributed by atoms with E-state index in [1.165, 1.54) is 6.33 Å². The van der Waals surface area contributed by atoms with Crippen molar-refractivity contribution in [2.45, 2.75) is 50.6 Å². The molecule has 2 fully saturated rings. The van der Waals surface area contributed by atoms with E-state index in [9.17, 15) is 0 Å². The van der Waals surface area contributed by atoms with Crippen molar-refractivity contribution in [1.29, 1.82) is 0 Å². The lowest BCUT2D eigenvalue weighted by Gasteiger charge is -2.25. The van der Waals surface area contributed by atoms with Crippen molar-refractivity contribution >= 4 is 22.6 Å². The lowest BCUT2D eigenvalue weighted by atomic mass is 10.1. The van der Waals surface area contributed by atoms with Gasteiger partial charge in [-0.3, -0.25) is 0 Å². The van der Waals surface area contributed by atoms with Crippen LogP contribution in [-0.4, -0.2) is 64.4 Å². The van der Waals surface area contributed by atoms with Crippen LogP contribution in [0.2, 0.25) is 5.15 Å². The van der Waals surface area contributed by atoms with Gasteiger partial charge < -0.3 is 23.6 Å². The highest BCUT2D eigenvalue weighted by Gasteiger charge is 2.55. The molecular weight excluding hydrogens is 360 g/mol. The fraction of sp³-hybridized carbons (Fsp3) is 0.647. The van der Waals surface area contributed by atoms with Gasteiger partial charge in [-0.05, 0) is 26.3 Å². The molecule has 9 heteroatoms. The maximum absolute atomic E-state index is 6.34. The van der Waals surface area contributed by atoms with Crippen molar-refractivity contribution in [1.82, 2.24) is 19.6 Å². The second-order valence-corrected chi connectivity index (χ2v) is 7.44. The first-order valence-electron chi connectivity index (χ1n) is 8.63. The van der Waals surface area contributed by atoms with E-state index in [-0.39, 0.29) is 24.5 Å². The van der Waals surface area contributed by atoms with Gasteiger partial charge in [0.05, 0.1) is 18.6 Å². The van der Waals surface area contributed by atoms with Crippen LogP contribution in [0.1, 0.15) is 26.5 Å². The minimum absolute atomic E-state index is 0.112. The SMILES string of the molecule is CON(C)CC[C@H]1O[C@@H](n2ccc3c(Cl)ncnc32)[C@@H]2OC(C)(C)OC21. The van der Waals surface area contributed by atoms with Crippen LogP contribution in [-0.2, 0) is 19.0 Å². The molecule has 142 valence electrons. The molecule has 2 saturated heterocycles. The molecule has 0 bridgehead atoms. The zero-order valence-electron chi connectivity index (χ0n) is 15.3. The summed E-state index contributed by atoms with van der Waals surface area (Å²) in [6, 6.07) is 1.89. The Hall–Kier alpha value is -1.29. The summed E-state index contributed by atoms with van der Waals surface area (Å²) in [5.74, 6) is -0.654. The van der Waals surface area contributed by atoms with Crippen LogP contribution < -0.4 is 0 Å². The molecule has 0 saturated carbocycles. The van der Waals surface area contributed by atoms with E-state index >= 15 is 0 Å². The van der Waals surface area contributed by atoms with Crippen LogP contribution in [0, 0.1) is 0 Å². The van der Waals surface area contributed by atoms with E-state index in [0.29, 0.717) is 5.15 Å². The predicted octanol–water partition coefficient (Wildman–Crippen LogP) is 2.39. The van der Waals surface area contributed by atoms with Gasteiger partial charge in [-0.15, -0.1) is 0 Å². The number of hydrogen-bond donors (Lipinski definition) is 0. The van der Waals surface area contributed by atoms with E-state index in [4.69, 9.17) is 30.6 Å². The topological polar surface area (TPSA) is 70.9 Å². The molecule has 0 spiro atoms. The summed E-state index contributed by atoms with van der Waals surface area (Å²) < 4.78 is 20.6. The zero-order chi connectivity index (χ0) is 18.5. The largest absolute Gasteiger partial charge is 0.349 e. The Morgan fingerprint density at radius 2 is 2.08 bits per heavy atom. The van der Waals surface area contributed by atoms with Gasteiger partial charge in [-0.2, -0.15) is 5.06 Å². The van der Waals surface area contributed by atoms with E-state index in [1.54, 1.807) is 12.2 Å². The van der Waals surface area contributed by atoms with Gasteiger partial charge in [0.1, 0.15) is 29.3 Å². The Bertz CT molecular complexity index is 798. The molecule has 26 heavy (non-hydrogen) atoms. The monoisotopic (exact) mass is 382 g/mol. The third-order valence-electron chi connectivity index (χ3n) is 4.90. The van der Waals surface area contributed by atoms with E-state index in [0.717, 1.165) is 24.0 Å². The minimum atomic E-state index is -0.654. The van der Waals surface area contributed by atoms with Gasteiger partial charge in [0.25, 0.3) is 0 Å². The quantitative estimate of drug-likeness (QED) is 0.580. The number of hydrogen-bond acceptors (Lipinski definition) is 7. The van der Waals surface area contributed by atoms with Gasteiger partial charge in [0.2, 0.25) is 0 Å². The van der Waals surface area contributed by atoms with Crippen molar-refractivity contribution in [3.63, 3.8) is 0 Å². The normalized spacial score (nSPS) is 30.4. The first-order valence-corrected chi connectivity index (χ1v) is 9.01. The fourth-order valence-corrected chi connectivity index (χ4v) is 3.85. The number of rotatable bonds is 5. The predicted molar refractivity (Wildman–Crippen MR) is 94.5 cm³/mol. The Labute approximate surface area is 156 Å². The van der Waals surface area contributed by atoms with Crippen LogP contribution in [0.15, 0.2) is 18.6 Å². The van der Waals surface area contributed by atoms with Gasteiger partial charge in [-0.1, -0.05) is 11.6 Å². The molecule has 4 rings (SSSR count). The van der Waals surface area contributed by atoms with Crippen LogP contribution >= 0.6 is 11.6 Å². The van der Waals surface area contributed by atoms with Gasteiger partial charge in [0.15, 0.2) is 12.0 Å². The first-order chi connectivity index (χ1) is 12.4. The Morgan fingerprint density at radius 1 is 1.31 bits per heavy atom. The van der Waals surface area contributed by atoms with E-state index < -0.39 is 5.79 Å². The average Bonchev–Trinajstić information content (AvgIpc) is 3.24. The standard InChI is InChI=1S/C17H23ClN4O4/c1-17(2)25-12-11(6-7-21(3)23-4)24-16(13(12)26-17)22-8-5-10-14(18)19-9-20-15(10)22/h5,8-9,11-13,16H,6-7H2,1-4H3/t11-,12?,13-,16-/m1/s1. The average molecular weight is 383 g/mol. The smallest absolute Gasteiger partial charge is 0.164 e. The molecule has 4 heterocycles. The summed E-state index contributed by atoms with van der Waals surface area (Å²) in [5, 5.41) is 2.98. The van der Waals surface area contributed by atoms with Crippen LogP contribution in [0.25, 0.3) is 11.0 Å². The summed E-state index contributed by atoms with van der Waals surface area (Å²) in [6.07, 6.45) is 3.28. The second-order valence-electron chi connectivity index (χ2n) is 7.08. The Morgan fingerprint density at radius 3 is 2.85 bits per heavy atom. The lowest BCUT2D eigenvalue weighted by Crippen LogP contribution is -2.32. The molecular formula is C17H23ClN4O4. The molecule has 0 aromatic carbocycles. The molecule has 0 aliphatic carbocycles. The first kappa shape index (κ1) is 18.1. The van der Waals surface area contributed by atoms with Crippen molar-refractivity contribution in [2.75, 3.05) is 20.7 Å². The van der Waals surface area contributed by atoms with Gasteiger partial charge in [-0.25, -0.2) is 9.97 Å². The lowest BCUT2D eigenvalue weighted by molar-refractivity contribution is -0.199. The molecule has 0 amide bonds. The van der Waals surface area contributed by atoms with Crippen molar-refractivity contribution in [3.05, 3.63) is 23.7 Å². The maximum Gasteiger partial charge on any atom is 0.164 e. The molecule has 2 aliphatic rings. The summed E-state index contributed by atoms with van der Waals surface area (Å²) in [7, 11) is 3.53. The highest BCUT2D eigenvalue weighted by molar-refractivity contribution is 6.33. The van der Waals surface area contributed by atoms with E-state index in [1.807, 2.05) is 37.7 Å². The number of halogens is 1. The van der Waals surface area contributed by atoms with Crippen molar-refractivity contribution in [2.24, 2.45) is 0 Å². The third kappa shape index (κ3) is 3.11. The molecule has 4 atom stereocenters. The molecule has 1 unspecified atom stereocenters. The second kappa shape index (κ2) is 6.70. The van der Waals surface area contributed by atoms with Crippen LogP contribution in [0.5, 0.6) is 0 Å².